The molecular formula is C16H12N2O2. The van der Waals surface area contributed by atoms with Crippen molar-refractivity contribution in [1.29, 1.82) is 0 Å². The number of fused-ring (bicyclic) bond motifs is 1. The number of rotatable bonds is 2. The van der Waals surface area contributed by atoms with E-state index in [0.717, 1.165) is 10.8 Å². The third kappa shape index (κ3) is 2.31. The van der Waals surface area contributed by atoms with E-state index in [0.29, 0.717) is 10.4 Å². The predicted octanol–water partition coefficient (Wildman–Crippen LogP) is 2.73. The number of aromatic nitrogens is 1. The van der Waals surface area contributed by atoms with Gasteiger partial charge in [0.25, 0.3) is 5.69 Å². The van der Waals surface area contributed by atoms with Gasteiger partial charge in [-0.2, -0.15) is 4.73 Å². The minimum Gasteiger partial charge on any atom is -0.618 e. The van der Waals surface area contributed by atoms with E-state index in [1.54, 1.807) is 12.1 Å². The molecule has 0 bridgehead atoms. The molecule has 4 heteroatoms. The minimum absolute atomic E-state index is 0.0701. The Labute approximate surface area is 115 Å². The standard InChI is InChI=1S/C16H12N2O2/c19-16(15-7-3-4-10-18(15)20)17-14-9-8-12-5-1-2-6-13(12)11-14/h1-11H,(H,17,19). The van der Waals surface area contributed by atoms with E-state index in [9.17, 15) is 10.0 Å². The van der Waals surface area contributed by atoms with Crippen molar-refractivity contribution in [3.05, 3.63) is 77.8 Å². The molecule has 3 rings (SSSR count). The van der Waals surface area contributed by atoms with Crippen LogP contribution in [0, 0.1) is 5.21 Å². The molecule has 1 N–H and O–H groups in total. The SMILES string of the molecule is O=C(Nc1ccc2ccccc2c1)c1cccc[n+]1[O-]. The number of carbonyl (C=O) groups is 1. The van der Waals surface area contributed by atoms with Crippen LogP contribution >= 0.6 is 0 Å². The summed E-state index contributed by atoms with van der Waals surface area (Å²) in [4.78, 5) is 12.0. The topological polar surface area (TPSA) is 56.0 Å². The van der Waals surface area contributed by atoms with Gasteiger partial charge in [0.05, 0.1) is 0 Å². The van der Waals surface area contributed by atoms with Crippen LogP contribution in [-0.2, 0) is 0 Å². The predicted molar refractivity (Wildman–Crippen MR) is 77.3 cm³/mol. The molecule has 20 heavy (non-hydrogen) atoms. The van der Waals surface area contributed by atoms with E-state index in [-0.39, 0.29) is 5.69 Å². The summed E-state index contributed by atoms with van der Waals surface area (Å²) in [5, 5.41) is 16.4. The monoisotopic (exact) mass is 264 g/mol. The van der Waals surface area contributed by atoms with Gasteiger partial charge in [0, 0.05) is 17.8 Å². The van der Waals surface area contributed by atoms with Crippen molar-refractivity contribution in [2.75, 3.05) is 5.32 Å². The Morgan fingerprint density at radius 3 is 2.50 bits per heavy atom. The lowest BCUT2D eigenvalue weighted by Gasteiger charge is -2.06. The lowest BCUT2D eigenvalue weighted by Crippen LogP contribution is -2.36. The fraction of sp³-hybridized carbons (Fsp3) is 0. The number of hydrogen-bond donors (Lipinski definition) is 1. The van der Waals surface area contributed by atoms with E-state index in [1.807, 2.05) is 42.5 Å². The summed E-state index contributed by atoms with van der Waals surface area (Å²) in [6, 6.07) is 18.2. The van der Waals surface area contributed by atoms with Gasteiger partial charge in [-0.3, -0.25) is 4.79 Å². The van der Waals surface area contributed by atoms with Gasteiger partial charge in [-0.15, -0.1) is 0 Å². The average molecular weight is 264 g/mol. The first-order valence-corrected chi connectivity index (χ1v) is 6.22. The zero-order chi connectivity index (χ0) is 13.9. The second-order valence-electron chi connectivity index (χ2n) is 4.43. The maximum Gasteiger partial charge on any atom is 0.321 e. The van der Waals surface area contributed by atoms with Crippen molar-refractivity contribution in [1.82, 2.24) is 0 Å². The molecule has 0 saturated heterocycles. The van der Waals surface area contributed by atoms with Crippen LogP contribution in [0.1, 0.15) is 10.5 Å². The van der Waals surface area contributed by atoms with Gasteiger partial charge in [-0.25, -0.2) is 0 Å². The van der Waals surface area contributed by atoms with Gasteiger partial charge >= 0.3 is 5.91 Å². The first kappa shape index (κ1) is 12.2. The maximum atomic E-state index is 12.0. The van der Waals surface area contributed by atoms with Crippen molar-refractivity contribution < 1.29 is 9.52 Å². The lowest BCUT2D eigenvalue weighted by atomic mass is 10.1. The number of amides is 1. The largest absolute Gasteiger partial charge is 0.618 e. The number of carbonyl (C=O) groups excluding carboxylic acids is 1. The van der Waals surface area contributed by atoms with Gasteiger partial charge in [0.2, 0.25) is 0 Å². The zero-order valence-electron chi connectivity index (χ0n) is 10.6. The molecule has 1 amide bonds. The normalized spacial score (nSPS) is 10.4. The number of hydrogen-bond acceptors (Lipinski definition) is 2. The summed E-state index contributed by atoms with van der Waals surface area (Å²) in [7, 11) is 0. The van der Waals surface area contributed by atoms with Gasteiger partial charge in [-0.05, 0) is 29.0 Å². The van der Waals surface area contributed by atoms with Gasteiger partial charge in [-0.1, -0.05) is 30.3 Å². The summed E-state index contributed by atoms with van der Waals surface area (Å²) >= 11 is 0. The molecule has 3 aromatic rings. The maximum absolute atomic E-state index is 12.0. The lowest BCUT2D eigenvalue weighted by molar-refractivity contribution is -0.607. The molecule has 1 heterocycles. The van der Waals surface area contributed by atoms with E-state index in [2.05, 4.69) is 5.32 Å². The fourth-order valence-corrected chi connectivity index (χ4v) is 2.07. The van der Waals surface area contributed by atoms with E-state index in [1.165, 1.54) is 12.3 Å². The second-order valence-corrected chi connectivity index (χ2v) is 4.43. The number of pyridine rings is 1. The molecule has 0 radical (unpaired) electrons. The molecule has 0 fully saturated rings. The fourth-order valence-electron chi connectivity index (χ4n) is 2.07. The summed E-state index contributed by atoms with van der Waals surface area (Å²) in [6.45, 7) is 0. The molecule has 0 atom stereocenters. The number of benzene rings is 2. The van der Waals surface area contributed by atoms with E-state index >= 15 is 0 Å². The van der Waals surface area contributed by atoms with Crippen molar-refractivity contribution >= 4 is 22.4 Å². The Balaban J connectivity index is 1.89. The molecule has 2 aromatic carbocycles. The van der Waals surface area contributed by atoms with Crippen molar-refractivity contribution in [3.8, 4) is 0 Å². The average Bonchev–Trinajstić information content (AvgIpc) is 2.47. The van der Waals surface area contributed by atoms with E-state index < -0.39 is 5.91 Å². The highest BCUT2D eigenvalue weighted by Gasteiger charge is 2.14. The summed E-state index contributed by atoms with van der Waals surface area (Å²) in [6.07, 6.45) is 1.30. The summed E-state index contributed by atoms with van der Waals surface area (Å²) < 4.78 is 0.552. The van der Waals surface area contributed by atoms with Crippen LogP contribution in [0.15, 0.2) is 66.9 Å². The van der Waals surface area contributed by atoms with Crippen molar-refractivity contribution in [2.45, 2.75) is 0 Å². The smallest absolute Gasteiger partial charge is 0.321 e. The molecule has 1 aromatic heterocycles. The van der Waals surface area contributed by atoms with Crippen LogP contribution in [0.25, 0.3) is 10.8 Å². The number of nitrogens with one attached hydrogen (secondary N) is 1. The Morgan fingerprint density at radius 2 is 1.70 bits per heavy atom. The second kappa shape index (κ2) is 5.01. The van der Waals surface area contributed by atoms with Crippen LogP contribution in [0.3, 0.4) is 0 Å². The highest BCUT2D eigenvalue weighted by atomic mass is 16.5. The molecule has 0 aliphatic rings. The quantitative estimate of drug-likeness (QED) is 0.571. The van der Waals surface area contributed by atoms with Gasteiger partial charge in [0.1, 0.15) is 0 Å². The third-order valence-electron chi connectivity index (χ3n) is 3.06. The van der Waals surface area contributed by atoms with Crippen LogP contribution in [0.4, 0.5) is 5.69 Å². The molecule has 0 aliphatic heterocycles. The Kier molecular flexibility index (Phi) is 3.05. The van der Waals surface area contributed by atoms with Crippen LogP contribution in [0.2, 0.25) is 0 Å². The Morgan fingerprint density at radius 1 is 0.950 bits per heavy atom. The van der Waals surface area contributed by atoms with Crippen LogP contribution in [-0.4, -0.2) is 5.91 Å². The van der Waals surface area contributed by atoms with Crippen molar-refractivity contribution in [2.24, 2.45) is 0 Å². The molecular weight excluding hydrogens is 252 g/mol. The molecule has 0 spiro atoms. The van der Waals surface area contributed by atoms with Gasteiger partial charge in [0.15, 0.2) is 6.20 Å². The van der Waals surface area contributed by atoms with E-state index in [4.69, 9.17) is 0 Å². The molecule has 0 aliphatic carbocycles. The molecule has 0 unspecified atom stereocenters. The zero-order valence-corrected chi connectivity index (χ0v) is 10.6. The van der Waals surface area contributed by atoms with Crippen molar-refractivity contribution in [3.63, 3.8) is 0 Å². The number of anilines is 1. The minimum atomic E-state index is -0.420. The Bertz CT molecular complexity index is 784. The number of nitrogens with zero attached hydrogens (tertiary/aromatic N) is 1. The molecule has 0 saturated carbocycles. The molecule has 98 valence electrons. The highest BCUT2D eigenvalue weighted by Crippen LogP contribution is 2.19. The summed E-state index contributed by atoms with van der Waals surface area (Å²) in [5.41, 5.74) is 0.734. The first-order valence-electron chi connectivity index (χ1n) is 6.22. The van der Waals surface area contributed by atoms with Gasteiger partial charge < -0.3 is 10.5 Å². The highest BCUT2D eigenvalue weighted by molar-refractivity contribution is 6.03. The third-order valence-corrected chi connectivity index (χ3v) is 3.06. The van der Waals surface area contributed by atoms with Crippen LogP contribution < -0.4 is 10.0 Å². The van der Waals surface area contributed by atoms with Crippen LogP contribution in [0.5, 0.6) is 0 Å². The summed E-state index contributed by atoms with van der Waals surface area (Å²) in [5.74, 6) is -0.420. The first-order chi connectivity index (χ1) is 9.74. The Hall–Kier alpha value is -2.88. The molecule has 4 nitrogen and oxygen atoms in total.